The standard InChI is InChI=1S/C23H33NO6/c1-4-5-6-7-8-13(2)11-14(3)9-10-16(25)24-15-12-23(30-22(15)27)20-18(28-20)17(26)19-21(23)29-19/h9-11,13,15,18-22,27H,4-8,12H2,1-3H3,(H,24,25)/b10-9+,14-11+/t13?,15-,18-,19+,20-,21+,22+,23?/m0/s1. The number of ketones is 1. The van der Waals surface area contributed by atoms with Crippen molar-refractivity contribution in [2.24, 2.45) is 5.92 Å². The van der Waals surface area contributed by atoms with E-state index in [1.54, 1.807) is 6.08 Å². The van der Waals surface area contributed by atoms with Crippen molar-refractivity contribution < 1.29 is 28.9 Å². The highest BCUT2D eigenvalue weighted by Gasteiger charge is 2.79. The number of Topliss-reactive ketones (excluding diaryl/α,β-unsaturated/α-hetero) is 1. The van der Waals surface area contributed by atoms with Crippen molar-refractivity contribution in [3.8, 4) is 0 Å². The third kappa shape index (κ3) is 4.26. The second-order valence-corrected chi connectivity index (χ2v) is 9.21. The fraction of sp³-hybridized carbons (Fsp3) is 0.739. The van der Waals surface area contributed by atoms with Crippen LogP contribution in [-0.4, -0.2) is 59.1 Å². The van der Waals surface area contributed by atoms with Crippen LogP contribution in [0.2, 0.25) is 0 Å². The van der Waals surface area contributed by atoms with E-state index in [4.69, 9.17) is 14.2 Å². The van der Waals surface area contributed by atoms with Crippen LogP contribution < -0.4 is 5.32 Å². The molecule has 3 saturated heterocycles. The number of carbonyl (C=O) groups excluding carboxylic acids is 2. The van der Waals surface area contributed by atoms with Crippen molar-refractivity contribution in [1.29, 1.82) is 0 Å². The Hall–Kier alpha value is -1.54. The van der Waals surface area contributed by atoms with Gasteiger partial charge in [-0.1, -0.05) is 57.3 Å². The monoisotopic (exact) mass is 419 g/mol. The number of rotatable bonds is 9. The Balaban J connectivity index is 1.26. The van der Waals surface area contributed by atoms with Crippen LogP contribution in [-0.2, 0) is 23.8 Å². The van der Waals surface area contributed by atoms with E-state index in [1.165, 1.54) is 31.8 Å². The number of aliphatic hydroxyl groups excluding tert-OH is 1. The van der Waals surface area contributed by atoms with Crippen molar-refractivity contribution >= 4 is 11.7 Å². The number of unbranched alkanes of at least 4 members (excludes halogenated alkanes) is 3. The maximum atomic E-state index is 12.4. The Morgan fingerprint density at radius 2 is 1.93 bits per heavy atom. The van der Waals surface area contributed by atoms with E-state index in [0.29, 0.717) is 12.3 Å². The van der Waals surface area contributed by atoms with Gasteiger partial charge in [-0.3, -0.25) is 9.59 Å². The van der Waals surface area contributed by atoms with Gasteiger partial charge >= 0.3 is 0 Å². The molecule has 7 heteroatoms. The summed E-state index contributed by atoms with van der Waals surface area (Å²) in [5, 5.41) is 13.2. The lowest BCUT2D eigenvalue weighted by molar-refractivity contribution is -0.159. The van der Waals surface area contributed by atoms with Gasteiger partial charge in [0.1, 0.15) is 30.0 Å². The van der Waals surface area contributed by atoms with Gasteiger partial charge < -0.3 is 24.6 Å². The summed E-state index contributed by atoms with van der Waals surface area (Å²) < 4.78 is 16.8. The molecule has 0 bridgehead atoms. The highest BCUT2D eigenvalue weighted by molar-refractivity contribution is 5.94. The van der Waals surface area contributed by atoms with Gasteiger partial charge in [-0.25, -0.2) is 0 Å². The van der Waals surface area contributed by atoms with Crippen molar-refractivity contribution in [1.82, 2.24) is 5.32 Å². The normalized spacial score (nSPS) is 40.4. The summed E-state index contributed by atoms with van der Waals surface area (Å²) >= 11 is 0. The molecule has 1 saturated carbocycles. The summed E-state index contributed by atoms with van der Waals surface area (Å²) in [6, 6.07) is -0.563. The largest absolute Gasteiger partial charge is 0.366 e. The highest BCUT2D eigenvalue weighted by atomic mass is 16.7. The van der Waals surface area contributed by atoms with Crippen LogP contribution in [0.25, 0.3) is 0 Å². The van der Waals surface area contributed by atoms with Crippen LogP contribution in [0.5, 0.6) is 0 Å². The second kappa shape index (κ2) is 8.54. The summed E-state index contributed by atoms with van der Waals surface area (Å²) in [5.74, 6) is 0.161. The molecule has 4 fully saturated rings. The zero-order valence-electron chi connectivity index (χ0n) is 18.0. The third-order valence-electron chi connectivity index (χ3n) is 6.62. The van der Waals surface area contributed by atoms with Crippen LogP contribution in [0.3, 0.4) is 0 Å². The van der Waals surface area contributed by atoms with E-state index in [0.717, 1.165) is 12.0 Å². The van der Waals surface area contributed by atoms with E-state index >= 15 is 0 Å². The number of carbonyl (C=O) groups is 2. The molecule has 3 heterocycles. The molecule has 0 radical (unpaired) electrons. The number of nitrogens with one attached hydrogen (secondary N) is 1. The summed E-state index contributed by atoms with van der Waals surface area (Å²) in [6.07, 6.45) is 9.12. The minimum absolute atomic E-state index is 0.0361. The fourth-order valence-electron chi connectivity index (χ4n) is 4.93. The van der Waals surface area contributed by atoms with Crippen molar-refractivity contribution in [2.45, 2.75) is 102 Å². The first-order valence-electron chi connectivity index (χ1n) is 11.2. The number of aliphatic hydroxyl groups is 1. The molecule has 8 atom stereocenters. The van der Waals surface area contributed by atoms with Gasteiger partial charge in [0.05, 0.1) is 6.04 Å². The average Bonchev–Trinajstić information content (AvgIpc) is 3.60. The van der Waals surface area contributed by atoms with Crippen molar-refractivity contribution in [3.05, 3.63) is 23.8 Å². The molecular formula is C23H33NO6. The molecule has 7 nitrogen and oxygen atoms in total. The van der Waals surface area contributed by atoms with Gasteiger partial charge in [-0.2, -0.15) is 0 Å². The molecule has 3 aliphatic heterocycles. The van der Waals surface area contributed by atoms with Crippen LogP contribution in [0, 0.1) is 5.92 Å². The molecular weight excluding hydrogens is 386 g/mol. The Morgan fingerprint density at radius 3 is 2.60 bits per heavy atom. The molecule has 1 amide bonds. The topological polar surface area (TPSA) is 101 Å². The number of ether oxygens (including phenoxy) is 3. The van der Waals surface area contributed by atoms with Crippen molar-refractivity contribution in [2.75, 3.05) is 0 Å². The molecule has 0 aromatic carbocycles. The number of amides is 1. The Labute approximate surface area is 177 Å². The maximum absolute atomic E-state index is 12.4. The van der Waals surface area contributed by atoms with Crippen LogP contribution in [0.1, 0.15) is 59.3 Å². The average molecular weight is 420 g/mol. The van der Waals surface area contributed by atoms with Gasteiger partial charge in [0.15, 0.2) is 12.1 Å². The zero-order chi connectivity index (χ0) is 21.5. The molecule has 2 unspecified atom stereocenters. The Morgan fingerprint density at radius 1 is 1.23 bits per heavy atom. The number of epoxide rings is 2. The van der Waals surface area contributed by atoms with E-state index in [2.05, 4.69) is 25.2 Å². The third-order valence-corrected chi connectivity index (χ3v) is 6.62. The van der Waals surface area contributed by atoms with Crippen LogP contribution >= 0.6 is 0 Å². The molecule has 30 heavy (non-hydrogen) atoms. The lowest BCUT2D eigenvalue weighted by atomic mass is 9.81. The highest BCUT2D eigenvalue weighted by Crippen LogP contribution is 2.57. The predicted octanol–water partition coefficient (Wildman–Crippen LogP) is 2.18. The molecule has 1 aliphatic carbocycles. The lowest BCUT2D eigenvalue weighted by Gasteiger charge is -2.26. The second-order valence-electron chi connectivity index (χ2n) is 9.21. The first-order chi connectivity index (χ1) is 14.4. The number of hydrogen-bond acceptors (Lipinski definition) is 6. The van der Waals surface area contributed by atoms with E-state index in [-0.39, 0.29) is 23.9 Å². The van der Waals surface area contributed by atoms with Crippen LogP contribution in [0.15, 0.2) is 23.8 Å². The molecule has 1 spiro atoms. The summed E-state index contributed by atoms with van der Waals surface area (Å²) in [4.78, 5) is 24.3. The first kappa shape index (κ1) is 21.7. The summed E-state index contributed by atoms with van der Waals surface area (Å²) in [7, 11) is 0. The SMILES string of the molecule is CCCCCCC(C)/C=C(C)/C=C/C(=O)N[C@H]1CC2(O[C@H]1O)[C@@H]1O[C@@H]1C(=O)[C@@H]1O[C@@H]12. The summed E-state index contributed by atoms with van der Waals surface area (Å²) in [6.45, 7) is 6.40. The molecule has 2 N–H and O–H groups in total. The van der Waals surface area contributed by atoms with Crippen molar-refractivity contribution in [3.63, 3.8) is 0 Å². The molecule has 166 valence electrons. The zero-order valence-corrected chi connectivity index (χ0v) is 18.0. The first-order valence-corrected chi connectivity index (χ1v) is 11.2. The smallest absolute Gasteiger partial charge is 0.244 e. The van der Waals surface area contributed by atoms with Gasteiger partial charge in [-0.05, 0) is 19.3 Å². The van der Waals surface area contributed by atoms with E-state index < -0.39 is 30.1 Å². The lowest BCUT2D eigenvalue weighted by Crippen LogP contribution is -2.49. The number of hydrogen-bond donors (Lipinski definition) is 2. The fourth-order valence-corrected chi connectivity index (χ4v) is 4.93. The molecule has 4 rings (SSSR count). The number of fused-ring (bicyclic) bond motifs is 4. The summed E-state index contributed by atoms with van der Waals surface area (Å²) in [5.41, 5.74) is 0.204. The van der Waals surface area contributed by atoms with Gasteiger partial charge in [0.2, 0.25) is 5.91 Å². The molecule has 0 aromatic heterocycles. The van der Waals surface area contributed by atoms with E-state index in [9.17, 15) is 14.7 Å². The van der Waals surface area contributed by atoms with Gasteiger partial charge in [-0.15, -0.1) is 0 Å². The Bertz CT molecular complexity index is 726. The minimum atomic E-state index is -1.15. The van der Waals surface area contributed by atoms with Gasteiger partial charge in [0, 0.05) is 12.5 Å². The van der Waals surface area contributed by atoms with Gasteiger partial charge in [0.25, 0.3) is 0 Å². The predicted molar refractivity (Wildman–Crippen MR) is 110 cm³/mol. The van der Waals surface area contributed by atoms with E-state index in [1.807, 2.05) is 6.92 Å². The molecule has 4 aliphatic rings. The van der Waals surface area contributed by atoms with Crippen LogP contribution in [0.4, 0.5) is 0 Å². The number of allylic oxidation sites excluding steroid dienone is 3. The quantitative estimate of drug-likeness (QED) is 0.257. The molecule has 0 aromatic rings. The maximum Gasteiger partial charge on any atom is 0.244 e. The minimum Gasteiger partial charge on any atom is -0.366 e. The Kier molecular flexibility index (Phi) is 6.17.